The zero-order chi connectivity index (χ0) is 21.6. The van der Waals surface area contributed by atoms with Gasteiger partial charge in [-0.2, -0.15) is 5.10 Å². The number of carbonyl (C=O) groups excluding carboxylic acids is 1. The molecule has 0 bridgehead atoms. The molecule has 1 aromatic heterocycles. The highest BCUT2D eigenvalue weighted by molar-refractivity contribution is 5.94. The van der Waals surface area contributed by atoms with Gasteiger partial charge in [-0.25, -0.2) is 0 Å². The lowest BCUT2D eigenvalue weighted by Gasteiger charge is -2.26. The third-order valence-corrected chi connectivity index (χ3v) is 6.52. The van der Waals surface area contributed by atoms with Crippen LogP contribution < -0.4 is 10.1 Å². The van der Waals surface area contributed by atoms with Gasteiger partial charge < -0.3 is 15.0 Å². The quantitative estimate of drug-likeness (QED) is 0.691. The zero-order valence-corrected chi connectivity index (χ0v) is 18.6. The Labute approximate surface area is 185 Å². The molecule has 1 saturated heterocycles. The summed E-state index contributed by atoms with van der Waals surface area (Å²) in [4.78, 5) is 15.4. The number of nitrogens with one attached hydrogen (secondary N) is 1. The summed E-state index contributed by atoms with van der Waals surface area (Å²) < 4.78 is 7.48. The zero-order valence-electron chi connectivity index (χ0n) is 18.6. The summed E-state index contributed by atoms with van der Waals surface area (Å²) in [6.07, 6.45) is 9.24. The Kier molecular flexibility index (Phi) is 7.07. The molecule has 1 aliphatic heterocycles. The molecule has 1 unspecified atom stereocenters. The van der Waals surface area contributed by atoms with Gasteiger partial charge >= 0.3 is 0 Å². The fraction of sp³-hybridized carbons (Fsp3) is 0.520. The molecule has 1 atom stereocenters. The summed E-state index contributed by atoms with van der Waals surface area (Å²) in [5.74, 6) is 1.01. The number of hydrogen-bond acceptors (Lipinski definition) is 4. The number of benzene rings is 1. The van der Waals surface area contributed by atoms with Gasteiger partial charge in [0, 0.05) is 42.5 Å². The van der Waals surface area contributed by atoms with Crippen LogP contribution in [0.3, 0.4) is 0 Å². The second-order valence-corrected chi connectivity index (χ2v) is 8.58. The van der Waals surface area contributed by atoms with E-state index in [1.807, 2.05) is 33.9 Å². The first kappa shape index (κ1) is 21.6. The first-order chi connectivity index (χ1) is 15.2. The van der Waals surface area contributed by atoms with Crippen LogP contribution in [-0.2, 0) is 25.9 Å². The van der Waals surface area contributed by atoms with Crippen LogP contribution in [0.1, 0.15) is 59.4 Å². The SMILES string of the molecule is C=CCn1nc(C(=O)N2CCCCCC2)c2c1CCC(NCc1ccccc1OC)C2. The molecule has 2 heterocycles. The lowest BCUT2D eigenvalue weighted by atomic mass is 9.90. The lowest BCUT2D eigenvalue weighted by Crippen LogP contribution is -2.36. The number of allylic oxidation sites excluding steroid dienone is 1. The van der Waals surface area contributed by atoms with E-state index in [4.69, 9.17) is 9.84 Å². The number of hydrogen-bond donors (Lipinski definition) is 1. The Morgan fingerprint density at radius 2 is 2.03 bits per heavy atom. The van der Waals surface area contributed by atoms with Crippen molar-refractivity contribution < 1.29 is 9.53 Å². The fourth-order valence-electron chi connectivity index (χ4n) is 4.83. The van der Waals surface area contributed by atoms with Gasteiger partial charge in [-0.05, 0) is 38.2 Å². The first-order valence-electron chi connectivity index (χ1n) is 11.5. The van der Waals surface area contributed by atoms with Crippen molar-refractivity contribution in [3.05, 3.63) is 59.4 Å². The Hall–Kier alpha value is -2.60. The summed E-state index contributed by atoms with van der Waals surface area (Å²) in [5.41, 5.74) is 4.13. The van der Waals surface area contributed by atoms with Gasteiger partial charge in [-0.3, -0.25) is 9.48 Å². The smallest absolute Gasteiger partial charge is 0.274 e. The van der Waals surface area contributed by atoms with Crippen LogP contribution >= 0.6 is 0 Å². The van der Waals surface area contributed by atoms with Crippen molar-refractivity contribution in [2.75, 3.05) is 20.2 Å². The lowest BCUT2D eigenvalue weighted by molar-refractivity contribution is 0.0753. The number of ether oxygens (including phenoxy) is 1. The average molecular weight is 423 g/mol. The maximum atomic E-state index is 13.4. The third kappa shape index (κ3) is 4.85. The summed E-state index contributed by atoms with van der Waals surface area (Å²) in [6.45, 7) is 6.96. The summed E-state index contributed by atoms with van der Waals surface area (Å²) in [7, 11) is 1.71. The average Bonchev–Trinajstić information content (AvgIpc) is 2.97. The van der Waals surface area contributed by atoms with Crippen molar-refractivity contribution in [1.29, 1.82) is 0 Å². The predicted octanol–water partition coefficient (Wildman–Crippen LogP) is 3.74. The van der Waals surface area contributed by atoms with E-state index in [-0.39, 0.29) is 5.91 Å². The van der Waals surface area contributed by atoms with Crippen LogP contribution in [0.15, 0.2) is 36.9 Å². The fourth-order valence-corrected chi connectivity index (χ4v) is 4.83. The van der Waals surface area contributed by atoms with Crippen LogP contribution in [0, 0.1) is 0 Å². The highest BCUT2D eigenvalue weighted by atomic mass is 16.5. The molecular formula is C25H34N4O2. The van der Waals surface area contributed by atoms with Crippen LogP contribution in [0.5, 0.6) is 5.75 Å². The molecule has 166 valence electrons. The normalized spacial score (nSPS) is 18.9. The Morgan fingerprint density at radius 3 is 2.77 bits per heavy atom. The van der Waals surface area contributed by atoms with Gasteiger partial charge in [-0.1, -0.05) is 37.1 Å². The van der Waals surface area contributed by atoms with Gasteiger partial charge in [0.05, 0.1) is 13.7 Å². The largest absolute Gasteiger partial charge is 0.496 e. The molecule has 1 aromatic carbocycles. The number of likely N-dealkylation sites (tertiary alicyclic amines) is 1. The Balaban J connectivity index is 1.52. The number of aromatic nitrogens is 2. The minimum atomic E-state index is 0.103. The monoisotopic (exact) mass is 422 g/mol. The number of nitrogens with zero attached hydrogens (tertiary/aromatic N) is 3. The van der Waals surface area contributed by atoms with Gasteiger partial charge in [0.2, 0.25) is 0 Å². The van der Waals surface area contributed by atoms with Crippen LogP contribution in [0.25, 0.3) is 0 Å². The van der Waals surface area contributed by atoms with Crippen molar-refractivity contribution in [1.82, 2.24) is 20.0 Å². The maximum Gasteiger partial charge on any atom is 0.274 e. The third-order valence-electron chi connectivity index (χ3n) is 6.52. The molecule has 1 amide bonds. The predicted molar refractivity (Wildman–Crippen MR) is 122 cm³/mol. The Bertz CT molecular complexity index is 912. The summed E-state index contributed by atoms with van der Waals surface area (Å²) in [5, 5.41) is 8.46. The molecule has 6 heteroatoms. The maximum absolute atomic E-state index is 13.4. The van der Waals surface area contributed by atoms with Crippen LogP contribution in [0.4, 0.5) is 0 Å². The molecule has 0 spiro atoms. The number of amides is 1. The highest BCUT2D eigenvalue weighted by Gasteiger charge is 2.31. The summed E-state index contributed by atoms with van der Waals surface area (Å²) >= 11 is 0. The van der Waals surface area contributed by atoms with Crippen LogP contribution in [0.2, 0.25) is 0 Å². The van der Waals surface area contributed by atoms with Crippen LogP contribution in [-0.4, -0.2) is 46.8 Å². The van der Waals surface area contributed by atoms with Gasteiger partial charge in [0.1, 0.15) is 5.75 Å². The van der Waals surface area contributed by atoms with Crippen molar-refractivity contribution in [2.24, 2.45) is 0 Å². The van der Waals surface area contributed by atoms with E-state index in [1.165, 1.54) is 18.5 Å². The van der Waals surface area contributed by atoms with Gasteiger partial charge in [0.15, 0.2) is 5.69 Å². The number of rotatable bonds is 7. The van der Waals surface area contributed by atoms with Crippen molar-refractivity contribution in [2.45, 2.75) is 64.1 Å². The minimum Gasteiger partial charge on any atom is -0.496 e. The van der Waals surface area contributed by atoms with E-state index in [0.29, 0.717) is 18.3 Å². The van der Waals surface area contributed by atoms with Crippen molar-refractivity contribution >= 4 is 5.91 Å². The number of fused-ring (bicyclic) bond motifs is 1. The van der Waals surface area contributed by atoms with E-state index in [2.05, 4.69) is 18.0 Å². The second kappa shape index (κ2) is 10.1. The van der Waals surface area contributed by atoms with Crippen molar-refractivity contribution in [3.63, 3.8) is 0 Å². The molecular weight excluding hydrogens is 388 g/mol. The molecule has 1 aliphatic carbocycles. The highest BCUT2D eigenvalue weighted by Crippen LogP contribution is 2.27. The van der Waals surface area contributed by atoms with E-state index < -0.39 is 0 Å². The van der Waals surface area contributed by atoms with Gasteiger partial charge in [-0.15, -0.1) is 6.58 Å². The van der Waals surface area contributed by atoms with Gasteiger partial charge in [0.25, 0.3) is 5.91 Å². The minimum absolute atomic E-state index is 0.103. The molecule has 2 aliphatic rings. The van der Waals surface area contributed by atoms with E-state index in [1.54, 1.807) is 7.11 Å². The molecule has 6 nitrogen and oxygen atoms in total. The molecule has 0 radical (unpaired) electrons. The topological polar surface area (TPSA) is 59.4 Å². The van der Waals surface area contributed by atoms with E-state index in [9.17, 15) is 4.79 Å². The number of methoxy groups -OCH3 is 1. The van der Waals surface area contributed by atoms with E-state index >= 15 is 0 Å². The number of carbonyl (C=O) groups is 1. The molecule has 1 N–H and O–H groups in total. The molecule has 31 heavy (non-hydrogen) atoms. The van der Waals surface area contributed by atoms with E-state index in [0.717, 1.165) is 68.6 Å². The molecule has 1 fully saturated rings. The Morgan fingerprint density at radius 1 is 1.26 bits per heavy atom. The standard InChI is InChI=1S/C25H34N4O2/c1-3-14-29-22-13-12-20(26-18-19-10-6-7-11-23(19)31-2)17-21(22)24(27-29)25(30)28-15-8-4-5-9-16-28/h3,6-7,10-11,20,26H,1,4-5,8-9,12-18H2,2H3. The molecule has 4 rings (SSSR count). The second-order valence-electron chi connectivity index (χ2n) is 8.58. The summed E-state index contributed by atoms with van der Waals surface area (Å²) in [6, 6.07) is 8.43. The number of para-hydroxylation sites is 1. The molecule has 0 saturated carbocycles. The van der Waals surface area contributed by atoms with Crippen molar-refractivity contribution in [3.8, 4) is 5.75 Å². The first-order valence-corrected chi connectivity index (χ1v) is 11.5. The molecule has 2 aromatic rings.